The lowest BCUT2D eigenvalue weighted by atomic mass is 10.2. The Labute approximate surface area is 178 Å². The van der Waals surface area contributed by atoms with Crippen LogP contribution in [0.1, 0.15) is 11.3 Å². The number of amides is 1. The highest BCUT2D eigenvalue weighted by atomic mass is 32.2. The quantitative estimate of drug-likeness (QED) is 0.538. The van der Waals surface area contributed by atoms with Gasteiger partial charge in [0.25, 0.3) is 5.56 Å². The third-order valence-electron chi connectivity index (χ3n) is 4.29. The fraction of sp³-hybridized carbons (Fsp3) is 0.200. The van der Waals surface area contributed by atoms with Crippen LogP contribution >= 0.6 is 0 Å². The van der Waals surface area contributed by atoms with Crippen LogP contribution in [-0.2, 0) is 27.8 Å². The number of carbonyl (C=O) groups is 1. The van der Waals surface area contributed by atoms with Crippen LogP contribution in [0.4, 0.5) is 10.1 Å². The molecular weight excluding hydrogens is 425 g/mol. The predicted molar refractivity (Wildman–Crippen MR) is 111 cm³/mol. The zero-order valence-corrected chi connectivity index (χ0v) is 17.4. The molecule has 1 aromatic carbocycles. The summed E-state index contributed by atoms with van der Waals surface area (Å²) in [6.07, 6.45) is 2.88. The first-order valence-corrected chi connectivity index (χ1v) is 10.8. The van der Waals surface area contributed by atoms with Gasteiger partial charge in [-0.05, 0) is 36.8 Å². The van der Waals surface area contributed by atoms with Crippen molar-refractivity contribution >= 4 is 21.6 Å². The standard InChI is InChI=1S/C20H20FN5O4S/c1-14-5-6-17(25-19(27)13-26-20(28)10-15(21)12-23-26)11-18(14)31(29,30)24-9-7-16-4-2-3-8-22-16/h2-6,8,10-12,24H,7,9,13H2,1H3,(H,25,27). The fourth-order valence-corrected chi connectivity index (χ4v) is 4.07. The van der Waals surface area contributed by atoms with E-state index in [2.05, 4.69) is 20.1 Å². The number of nitrogens with one attached hydrogen (secondary N) is 2. The van der Waals surface area contributed by atoms with Gasteiger partial charge in [-0.3, -0.25) is 14.6 Å². The van der Waals surface area contributed by atoms with Crippen LogP contribution in [-0.4, -0.2) is 35.6 Å². The number of aromatic nitrogens is 3. The molecule has 0 atom stereocenters. The Kier molecular flexibility index (Phi) is 6.88. The average Bonchev–Trinajstić information content (AvgIpc) is 2.72. The molecule has 0 aliphatic rings. The summed E-state index contributed by atoms with van der Waals surface area (Å²) >= 11 is 0. The smallest absolute Gasteiger partial charge is 0.270 e. The molecule has 0 spiro atoms. The Morgan fingerprint density at radius 1 is 1.19 bits per heavy atom. The molecule has 0 unspecified atom stereocenters. The highest BCUT2D eigenvalue weighted by Gasteiger charge is 2.18. The van der Waals surface area contributed by atoms with Gasteiger partial charge in [0.05, 0.1) is 11.1 Å². The van der Waals surface area contributed by atoms with E-state index in [1.165, 1.54) is 6.07 Å². The molecular formula is C20H20FN5O4S. The molecule has 0 aliphatic carbocycles. The molecule has 0 bridgehead atoms. The Bertz CT molecular complexity index is 1250. The van der Waals surface area contributed by atoms with Gasteiger partial charge in [0.1, 0.15) is 12.4 Å². The van der Waals surface area contributed by atoms with Crippen LogP contribution in [0.25, 0.3) is 0 Å². The van der Waals surface area contributed by atoms with Crippen LogP contribution in [0.2, 0.25) is 0 Å². The summed E-state index contributed by atoms with van der Waals surface area (Å²) in [5, 5.41) is 6.07. The number of sulfonamides is 1. The monoisotopic (exact) mass is 445 g/mol. The van der Waals surface area contributed by atoms with Crippen LogP contribution in [0, 0.1) is 12.7 Å². The lowest BCUT2D eigenvalue weighted by Gasteiger charge is -2.12. The fourth-order valence-electron chi connectivity index (χ4n) is 2.77. The minimum absolute atomic E-state index is 0.0170. The van der Waals surface area contributed by atoms with Gasteiger partial charge in [-0.2, -0.15) is 5.10 Å². The number of benzene rings is 1. The number of aryl methyl sites for hydroxylation is 1. The van der Waals surface area contributed by atoms with E-state index in [-0.39, 0.29) is 17.1 Å². The third kappa shape index (κ3) is 6.03. The number of nitrogens with zero attached hydrogens (tertiary/aromatic N) is 3. The van der Waals surface area contributed by atoms with Gasteiger partial charge < -0.3 is 5.32 Å². The van der Waals surface area contributed by atoms with E-state index < -0.39 is 33.9 Å². The number of anilines is 1. The van der Waals surface area contributed by atoms with Crippen molar-refractivity contribution in [3.05, 3.63) is 82.3 Å². The summed E-state index contributed by atoms with van der Waals surface area (Å²) in [5.74, 6) is -1.41. The summed E-state index contributed by atoms with van der Waals surface area (Å²) in [4.78, 5) is 28.0. The number of rotatable bonds is 8. The topological polar surface area (TPSA) is 123 Å². The maximum atomic E-state index is 13.0. The van der Waals surface area contributed by atoms with E-state index in [0.29, 0.717) is 18.1 Å². The highest BCUT2D eigenvalue weighted by molar-refractivity contribution is 7.89. The summed E-state index contributed by atoms with van der Waals surface area (Å²) in [7, 11) is -3.83. The molecule has 3 rings (SSSR count). The molecule has 2 heterocycles. The average molecular weight is 445 g/mol. The lowest BCUT2D eigenvalue weighted by molar-refractivity contribution is -0.117. The molecule has 11 heteroatoms. The van der Waals surface area contributed by atoms with Crippen molar-refractivity contribution in [1.82, 2.24) is 19.5 Å². The van der Waals surface area contributed by atoms with Crippen molar-refractivity contribution in [2.24, 2.45) is 0 Å². The normalized spacial score (nSPS) is 11.3. The van der Waals surface area contributed by atoms with Crippen LogP contribution in [0.3, 0.4) is 0 Å². The molecule has 0 saturated carbocycles. The van der Waals surface area contributed by atoms with Crippen LogP contribution < -0.4 is 15.6 Å². The second-order valence-corrected chi connectivity index (χ2v) is 8.40. The van der Waals surface area contributed by atoms with Crippen molar-refractivity contribution in [3.63, 3.8) is 0 Å². The van der Waals surface area contributed by atoms with Gasteiger partial charge in [-0.1, -0.05) is 12.1 Å². The number of hydrogen-bond donors (Lipinski definition) is 2. The van der Waals surface area contributed by atoms with Crippen molar-refractivity contribution < 1.29 is 17.6 Å². The Morgan fingerprint density at radius 2 is 2.00 bits per heavy atom. The maximum Gasteiger partial charge on any atom is 0.270 e. The van der Waals surface area contributed by atoms with Gasteiger partial charge in [-0.25, -0.2) is 22.2 Å². The van der Waals surface area contributed by atoms with Gasteiger partial charge in [0, 0.05) is 36.6 Å². The maximum absolute atomic E-state index is 13.0. The molecule has 0 aliphatic heterocycles. The minimum Gasteiger partial charge on any atom is -0.324 e. The van der Waals surface area contributed by atoms with Crippen molar-refractivity contribution in [2.45, 2.75) is 24.8 Å². The first kappa shape index (κ1) is 22.2. The highest BCUT2D eigenvalue weighted by Crippen LogP contribution is 2.20. The number of pyridine rings is 1. The Balaban J connectivity index is 1.68. The molecule has 3 aromatic rings. The third-order valence-corrected chi connectivity index (χ3v) is 5.89. The van der Waals surface area contributed by atoms with Crippen molar-refractivity contribution in [3.8, 4) is 0 Å². The molecule has 2 aromatic heterocycles. The van der Waals surface area contributed by atoms with Gasteiger partial charge in [0.2, 0.25) is 15.9 Å². The summed E-state index contributed by atoms with van der Waals surface area (Å²) in [6.45, 7) is 1.35. The van der Waals surface area contributed by atoms with Crippen molar-refractivity contribution in [2.75, 3.05) is 11.9 Å². The number of halogens is 1. The van der Waals surface area contributed by atoms with E-state index in [1.807, 2.05) is 6.07 Å². The molecule has 1 amide bonds. The second-order valence-electron chi connectivity index (χ2n) is 6.67. The van der Waals surface area contributed by atoms with Crippen molar-refractivity contribution in [1.29, 1.82) is 0 Å². The van der Waals surface area contributed by atoms with E-state index in [1.54, 1.807) is 37.4 Å². The van der Waals surface area contributed by atoms with Gasteiger partial charge in [-0.15, -0.1) is 0 Å². The molecule has 0 radical (unpaired) electrons. The summed E-state index contributed by atoms with van der Waals surface area (Å²) in [5.41, 5.74) is 0.725. The van der Waals surface area contributed by atoms with Gasteiger partial charge in [0.15, 0.2) is 0 Å². The molecule has 0 saturated heterocycles. The first-order chi connectivity index (χ1) is 14.7. The van der Waals surface area contributed by atoms with E-state index in [4.69, 9.17) is 0 Å². The summed E-state index contributed by atoms with van der Waals surface area (Å²) < 4.78 is 41.7. The molecule has 0 fully saturated rings. The number of carbonyl (C=O) groups excluding carboxylic acids is 1. The molecule has 162 valence electrons. The van der Waals surface area contributed by atoms with Crippen LogP contribution in [0.15, 0.2) is 64.5 Å². The van der Waals surface area contributed by atoms with E-state index >= 15 is 0 Å². The number of hydrogen-bond acceptors (Lipinski definition) is 6. The Hall–Kier alpha value is -3.44. The molecule has 9 nitrogen and oxygen atoms in total. The van der Waals surface area contributed by atoms with E-state index in [9.17, 15) is 22.4 Å². The second kappa shape index (κ2) is 9.58. The minimum atomic E-state index is -3.83. The SMILES string of the molecule is Cc1ccc(NC(=O)Cn2ncc(F)cc2=O)cc1S(=O)(=O)NCCc1ccccn1. The largest absolute Gasteiger partial charge is 0.324 e. The predicted octanol–water partition coefficient (Wildman–Crippen LogP) is 1.25. The Morgan fingerprint density at radius 3 is 2.71 bits per heavy atom. The zero-order valence-electron chi connectivity index (χ0n) is 16.6. The zero-order chi connectivity index (χ0) is 22.4. The molecule has 31 heavy (non-hydrogen) atoms. The first-order valence-electron chi connectivity index (χ1n) is 9.27. The summed E-state index contributed by atoms with van der Waals surface area (Å²) in [6, 6.07) is 10.6. The molecule has 2 N–H and O–H groups in total. The van der Waals surface area contributed by atoms with E-state index in [0.717, 1.165) is 16.6 Å². The lowest BCUT2D eigenvalue weighted by Crippen LogP contribution is -2.29. The van der Waals surface area contributed by atoms with Gasteiger partial charge >= 0.3 is 0 Å². The van der Waals surface area contributed by atoms with Crippen LogP contribution in [0.5, 0.6) is 0 Å².